The van der Waals surface area contributed by atoms with Crippen molar-refractivity contribution in [2.45, 2.75) is 197 Å². The number of guanidine groups is 1. The Morgan fingerprint density at radius 2 is 1.11 bits per heavy atom. The van der Waals surface area contributed by atoms with Crippen LogP contribution in [0.4, 0.5) is 0 Å². The van der Waals surface area contributed by atoms with Crippen LogP contribution in [0.15, 0.2) is 35.3 Å². The monoisotopic (exact) mass is 1430 g/mol. The topological polar surface area (TPSA) is 569 Å². The average molecular weight is 1440 g/mol. The maximum atomic E-state index is 14.8. The van der Waals surface area contributed by atoms with E-state index in [9.17, 15) is 82.4 Å². The zero-order valence-corrected chi connectivity index (χ0v) is 58.4. The molecule has 99 heavy (non-hydrogen) atoms. The van der Waals surface area contributed by atoms with Crippen molar-refractivity contribution in [3.05, 3.63) is 35.9 Å². The second kappa shape index (κ2) is 43.2. The van der Waals surface area contributed by atoms with Gasteiger partial charge in [-0.15, -0.1) is 0 Å². The van der Waals surface area contributed by atoms with Crippen molar-refractivity contribution in [1.29, 1.82) is 0 Å². The van der Waals surface area contributed by atoms with E-state index in [1.807, 2.05) is 0 Å². The zero-order chi connectivity index (χ0) is 74.2. The smallest absolute Gasteiger partial charge is 0.326 e. The van der Waals surface area contributed by atoms with Crippen molar-refractivity contribution in [3.8, 4) is 0 Å². The highest BCUT2D eigenvalue weighted by atomic mass is 32.1. The van der Waals surface area contributed by atoms with E-state index in [-0.39, 0.29) is 88.6 Å². The summed E-state index contributed by atoms with van der Waals surface area (Å²) >= 11 is 8.19. The van der Waals surface area contributed by atoms with Crippen LogP contribution in [0, 0.1) is 11.8 Å². The fourth-order valence-corrected chi connectivity index (χ4v) is 11.3. The number of nitrogens with one attached hydrogen (secondary N) is 10. The molecule has 0 spiro atoms. The van der Waals surface area contributed by atoms with Crippen LogP contribution in [0.25, 0.3) is 0 Å². The maximum absolute atomic E-state index is 14.8. The van der Waals surface area contributed by atoms with Gasteiger partial charge < -0.3 is 107 Å². The highest BCUT2D eigenvalue weighted by molar-refractivity contribution is 7.80. The highest BCUT2D eigenvalue weighted by Gasteiger charge is 2.46. The number of carbonyl (C=O) groups is 14. The molecule has 35 nitrogen and oxygen atoms in total. The summed E-state index contributed by atoms with van der Waals surface area (Å²) in [6, 6.07) is -8.41. The molecule has 0 saturated carbocycles. The van der Waals surface area contributed by atoms with E-state index in [0.717, 1.165) is 6.92 Å². The Hall–Kier alpha value is -8.39. The highest BCUT2D eigenvalue weighted by Crippen LogP contribution is 2.27. The van der Waals surface area contributed by atoms with Crippen LogP contribution < -0.4 is 81.8 Å². The molecule has 13 amide bonds. The van der Waals surface area contributed by atoms with Crippen molar-refractivity contribution < 1.29 is 82.4 Å². The van der Waals surface area contributed by atoms with Gasteiger partial charge in [-0.05, 0) is 88.7 Å². The summed E-state index contributed by atoms with van der Waals surface area (Å²) in [5, 5.41) is 55.9. The van der Waals surface area contributed by atoms with E-state index in [1.165, 1.54) is 9.80 Å². The number of primary amides is 1. The fourth-order valence-electron chi connectivity index (χ4n) is 10.9. The molecule has 2 fully saturated rings. The number of unbranched alkanes of at least 4 members (excludes halogenated alkanes) is 1. The van der Waals surface area contributed by atoms with E-state index >= 15 is 0 Å². The molecule has 1 aromatic rings. The molecule has 3 rings (SSSR count). The number of aliphatic imine (C=N–C) groups is 1. The van der Waals surface area contributed by atoms with Crippen LogP contribution in [-0.4, -0.2) is 243 Å². The minimum atomic E-state index is -1.92. The number of amides is 13. The molecule has 0 bridgehead atoms. The minimum Gasteiger partial charge on any atom is -0.480 e. The van der Waals surface area contributed by atoms with Gasteiger partial charge in [0.05, 0.1) is 31.7 Å². The van der Waals surface area contributed by atoms with Crippen molar-refractivity contribution in [2.24, 2.45) is 45.5 Å². The number of rotatable bonds is 43. The summed E-state index contributed by atoms with van der Waals surface area (Å²) in [5.41, 5.74) is 28.3. The number of nitrogens with zero attached hydrogens (tertiary/aromatic N) is 3. The van der Waals surface area contributed by atoms with Crippen LogP contribution in [0.2, 0.25) is 0 Å². The summed E-state index contributed by atoms with van der Waals surface area (Å²) < 4.78 is 0. The summed E-state index contributed by atoms with van der Waals surface area (Å²) in [6.07, 6.45) is -0.588. The Morgan fingerprint density at radius 1 is 0.596 bits per heavy atom. The number of aliphatic carboxylic acids is 1. The third-order valence-corrected chi connectivity index (χ3v) is 17.8. The van der Waals surface area contributed by atoms with Crippen molar-refractivity contribution >= 4 is 114 Å². The quantitative estimate of drug-likeness (QED) is 0.0125. The van der Waals surface area contributed by atoms with Crippen molar-refractivity contribution in [1.82, 2.24) is 63.0 Å². The standard InChI is InChI=1S/C62H102N18O17S2/c1-6-32(3)47(57(92)75-42(31-99)55(90)73-40(61(96)97)26-35-16-9-8-10-17-35)76-56(91)43-20-14-24-79(43)59(94)44-21-15-25-80(44)60(95)48(33(4)7-2)77-54(89)41(29-81)74-52(87)38(18-11-12-22-63)71-58(93)49(34(5)82)78-53(88)39(27-45(65)83)72-51(86)37(19-13-23-68-62(66)67)70-46(84)28-69-50(85)36(64)30-98/h8-10,16-17,32-34,36-44,47-49,81-82,98-99H,6-7,11-15,18-31,63-64H2,1-5H3,(H2,65,83)(H,69,85)(H,70,84)(H,71,93)(H,72,86)(H,73,90)(H,74,87)(H,75,92)(H,76,91)(H,77,89)(H,78,88)(H,96,97)(H4,66,67,68)/t32-,33-,34+,36-,37-,38-,39-,40-,41-,42-,43-,44-,47-,48-,49-/m0/s1. The number of carboxylic acid groups (broad SMARTS) is 1. The lowest BCUT2D eigenvalue weighted by molar-refractivity contribution is -0.149. The number of aliphatic hydroxyl groups excluding tert-OH is 2. The molecular weight excluding hydrogens is 1330 g/mol. The second-order valence-corrected chi connectivity index (χ2v) is 25.3. The molecule has 1 aromatic carbocycles. The second-order valence-electron chi connectivity index (χ2n) is 24.6. The summed E-state index contributed by atoms with van der Waals surface area (Å²) in [6.45, 7) is 6.62. The number of nitrogens with two attached hydrogens (primary N) is 5. The van der Waals surface area contributed by atoms with E-state index in [4.69, 9.17) is 28.7 Å². The molecule has 0 aliphatic carbocycles. The third-order valence-electron chi connectivity index (χ3n) is 17.0. The van der Waals surface area contributed by atoms with Crippen molar-refractivity contribution in [2.75, 3.05) is 50.8 Å². The fraction of sp³-hybridized carbons (Fsp3) is 0.661. The van der Waals surface area contributed by atoms with Crippen LogP contribution >= 0.6 is 25.3 Å². The van der Waals surface area contributed by atoms with E-state index in [1.54, 1.807) is 58.0 Å². The number of carboxylic acids is 1. The number of benzene rings is 1. The molecular formula is C62H102N18O17S2. The molecule has 2 heterocycles. The lowest BCUT2D eigenvalue weighted by Crippen LogP contribution is -2.62. The molecule has 37 heteroatoms. The van der Waals surface area contributed by atoms with Crippen LogP contribution in [0.1, 0.15) is 117 Å². The Morgan fingerprint density at radius 3 is 1.68 bits per heavy atom. The molecule has 0 unspecified atom stereocenters. The first-order chi connectivity index (χ1) is 46.9. The maximum Gasteiger partial charge on any atom is 0.326 e. The first-order valence-electron chi connectivity index (χ1n) is 33.1. The van der Waals surface area contributed by atoms with Gasteiger partial charge >= 0.3 is 5.97 Å². The molecule has 0 radical (unpaired) electrons. The summed E-state index contributed by atoms with van der Waals surface area (Å²) in [4.78, 5) is 197. The van der Waals surface area contributed by atoms with Crippen LogP contribution in [0.3, 0.4) is 0 Å². The van der Waals surface area contributed by atoms with Gasteiger partial charge in [0.1, 0.15) is 66.5 Å². The van der Waals surface area contributed by atoms with E-state index in [2.05, 4.69) is 83.4 Å². The number of thiol groups is 2. The van der Waals surface area contributed by atoms with Gasteiger partial charge in [-0.1, -0.05) is 70.9 Å². The molecule has 15 atom stereocenters. The van der Waals surface area contributed by atoms with Gasteiger partial charge in [0.2, 0.25) is 76.8 Å². The first-order valence-corrected chi connectivity index (χ1v) is 34.3. The van der Waals surface area contributed by atoms with Gasteiger partial charge in [0.15, 0.2) is 5.96 Å². The lowest BCUT2D eigenvalue weighted by Gasteiger charge is -2.35. The third kappa shape index (κ3) is 27.3. The number of hydrogen-bond donors (Lipinski definition) is 20. The minimum absolute atomic E-state index is 0.0132. The Kier molecular flexibility index (Phi) is 37.0. The normalized spacial score (nSPS) is 18.2. The van der Waals surface area contributed by atoms with Gasteiger partial charge in [-0.25, -0.2) is 4.79 Å². The largest absolute Gasteiger partial charge is 0.480 e. The number of likely N-dealkylation sites (tertiary alicyclic amines) is 2. The van der Waals surface area contributed by atoms with Gasteiger partial charge in [0.25, 0.3) is 0 Å². The van der Waals surface area contributed by atoms with E-state index < -0.39 is 193 Å². The SMILES string of the molecule is CC[C@H](C)[C@H](NC(=O)[C@@H]1CCCN1C(=O)[C@@H]1CCCN1C(=O)[C@@H](NC(=O)[C@H](CO)NC(=O)[C@H](CCCCN)NC(=O)[C@@H](NC(=O)[C@H](CC(N)=O)NC(=O)[C@H](CCCN=C(N)N)NC(=O)CNC(=O)[C@@H](N)CS)[C@@H](C)O)[C@@H](C)CC)C(=O)N[C@@H](CS)C(=O)N[C@@H](Cc1ccccc1)C(=O)O. The van der Waals surface area contributed by atoms with Crippen molar-refractivity contribution in [3.63, 3.8) is 0 Å². The van der Waals surface area contributed by atoms with E-state index in [0.29, 0.717) is 37.7 Å². The number of hydrogen-bond acceptors (Lipinski definition) is 21. The van der Waals surface area contributed by atoms with Crippen LogP contribution in [-0.2, 0) is 73.5 Å². The van der Waals surface area contributed by atoms with Gasteiger partial charge in [0, 0.05) is 37.6 Å². The molecule has 2 aliphatic heterocycles. The molecule has 2 saturated heterocycles. The summed E-state index contributed by atoms with van der Waals surface area (Å²) in [7, 11) is 0. The Labute approximate surface area is 585 Å². The first kappa shape index (κ1) is 84.8. The average Bonchev–Trinajstić information content (AvgIpc) is 1.70. The van der Waals surface area contributed by atoms with Gasteiger partial charge in [-0.3, -0.25) is 67.3 Å². The molecule has 23 N–H and O–H groups in total. The summed E-state index contributed by atoms with van der Waals surface area (Å²) in [5.74, 6) is -14.7. The Balaban J connectivity index is 1.80. The molecule has 0 aromatic heterocycles. The Bertz CT molecular complexity index is 2970. The molecule has 554 valence electrons. The van der Waals surface area contributed by atoms with Crippen LogP contribution in [0.5, 0.6) is 0 Å². The number of aliphatic hydroxyl groups is 2. The number of carbonyl (C=O) groups excluding carboxylic acids is 13. The predicted octanol–water partition coefficient (Wildman–Crippen LogP) is -6.51. The zero-order valence-electron chi connectivity index (χ0n) is 56.6. The predicted molar refractivity (Wildman–Crippen MR) is 368 cm³/mol. The van der Waals surface area contributed by atoms with Gasteiger partial charge in [-0.2, -0.15) is 25.3 Å². The lowest BCUT2D eigenvalue weighted by atomic mass is 9.96. The molecule has 2 aliphatic rings.